The van der Waals surface area contributed by atoms with Crippen molar-refractivity contribution in [3.05, 3.63) is 83.3 Å². The molecule has 9 nitrogen and oxygen atoms in total. The van der Waals surface area contributed by atoms with Crippen molar-refractivity contribution in [2.24, 2.45) is 0 Å². The molecule has 1 atom stereocenters. The van der Waals surface area contributed by atoms with Crippen molar-refractivity contribution in [1.82, 2.24) is 15.1 Å². The van der Waals surface area contributed by atoms with Gasteiger partial charge in [0, 0.05) is 22.2 Å². The summed E-state index contributed by atoms with van der Waals surface area (Å²) in [6.45, 7) is 3.80. The van der Waals surface area contributed by atoms with Gasteiger partial charge in [-0.2, -0.15) is 18.3 Å². The largest absolute Gasteiger partial charge is 0.496 e. The second-order valence-corrected chi connectivity index (χ2v) is 12.5. The molecule has 5 rings (SSSR count). The second kappa shape index (κ2) is 11.6. The fourth-order valence-electron chi connectivity index (χ4n) is 5.74. The Morgan fingerprint density at radius 3 is 2.43 bits per heavy atom. The van der Waals surface area contributed by atoms with Crippen LogP contribution < -0.4 is 15.4 Å². The normalized spacial score (nSPS) is 15.7. The summed E-state index contributed by atoms with van der Waals surface area (Å²) in [5.41, 5.74) is -3.49. The highest BCUT2D eigenvalue weighted by Crippen LogP contribution is 2.44. The SMILES string of the molecule is COc1ccc(F)cc1C(C)(C)CC(O)(CNc1cc(C)cc2c1cnn2-c1cccc(C(=O)NC2(C(=O)O)CC2)c1)C(F)(F)F. The molecule has 3 aromatic carbocycles. The summed E-state index contributed by atoms with van der Waals surface area (Å²) >= 11 is 0. The van der Waals surface area contributed by atoms with E-state index in [1.54, 1.807) is 43.3 Å². The molecule has 0 saturated heterocycles. The molecule has 1 aromatic heterocycles. The van der Waals surface area contributed by atoms with Gasteiger partial charge < -0.3 is 25.6 Å². The number of hydrogen-bond acceptors (Lipinski definition) is 6. The van der Waals surface area contributed by atoms with Crippen molar-refractivity contribution in [3.63, 3.8) is 0 Å². The number of nitrogens with zero attached hydrogens (tertiary/aromatic N) is 2. The number of alkyl halides is 3. The van der Waals surface area contributed by atoms with E-state index in [2.05, 4.69) is 15.7 Å². The smallest absolute Gasteiger partial charge is 0.418 e. The molecule has 0 bridgehead atoms. The van der Waals surface area contributed by atoms with Crippen LogP contribution in [0.5, 0.6) is 5.75 Å². The fraction of sp³-hybridized carbons (Fsp3) is 0.364. The Kier molecular flexibility index (Phi) is 8.26. The molecule has 13 heteroatoms. The van der Waals surface area contributed by atoms with Gasteiger partial charge in [-0.15, -0.1) is 0 Å². The molecule has 1 saturated carbocycles. The Morgan fingerprint density at radius 1 is 1.09 bits per heavy atom. The summed E-state index contributed by atoms with van der Waals surface area (Å²) < 4.78 is 64.4. The van der Waals surface area contributed by atoms with Gasteiger partial charge in [-0.25, -0.2) is 13.9 Å². The average Bonchev–Trinajstić information content (AvgIpc) is 3.65. The van der Waals surface area contributed by atoms with E-state index in [1.165, 1.54) is 37.9 Å². The van der Waals surface area contributed by atoms with Gasteiger partial charge in [0.05, 0.1) is 31.1 Å². The number of carbonyl (C=O) groups is 2. The number of benzene rings is 3. The number of fused-ring (bicyclic) bond motifs is 1. The fourth-order valence-corrected chi connectivity index (χ4v) is 5.74. The zero-order valence-electron chi connectivity index (χ0n) is 25.6. The van der Waals surface area contributed by atoms with Crippen LogP contribution in [0.2, 0.25) is 0 Å². The van der Waals surface area contributed by atoms with E-state index in [-0.39, 0.29) is 22.6 Å². The number of amides is 1. The number of nitrogens with one attached hydrogen (secondary N) is 2. The molecule has 0 radical (unpaired) electrons. The van der Waals surface area contributed by atoms with E-state index in [1.807, 2.05) is 0 Å². The van der Waals surface area contributed by atoms with Crippen LogP contribution in [0.4, 0.5) is 23.2 Å². The molecule has 0 aliphatic heterocycles. The number of carboxylic acids is 1. The number of hydrogen-bond donors (Lipinski definition) is 4. The number of aliphatic hydroxyl groups is 1. The first kappa shape index (κ1) is 32.7. The molecule has 4 aromatic rings. The van der Waals surface area contributed by atoms with E-state index in [9.17, 15) is 37.4 Å². The van der Waals surface area contributed by atoms with Crippen LogP contribution >= 0.6 is 0 Å². The molecule has 244 valence electrons. The minimum atomic E-state index is -5.05. The van der Waals surface area contributed by atoms with Crippen molar-refractivity contribution in [3.8, 4) is 11.4 Å². The van der Waals surface area contributed by atoms with Gasteiger partial charge in [0.1, 0.15) is 17.1 Å². The minimum Gasteiger partial charge on any atom is -0.496 e. The lowest BCUT2D eigenvalue weighted by Gasteiger charge is -2.38. The average molecular weight is 643 g/mol. The first-order valence-corrected chi connectivity index (χ1v) is 14.5. The summed E-state index contributed by atoms with van der Waals surface area (Å²) in [5, 5.41) is 30.8. The second-order valence-electron chi connectivity index (χ2n) is 12.5. The molecule has 0 spiro atoms. The van der Waals surface area contributed by atoms with Gasteiger partial charge in [-0.05, 0) is 85.7 Å². The molecule has 1 amide bonds. The summed E-state index contributed by atoms with van der Waals surface area (Å²) in [6, 6.07) is 13.4. The maximum Gasteiger partial charge on any atom is 0.418 e. The van der Waals surface area contributed by atoms with Crippen LogP contribution in [0.15, 0.2) is 60.8 Å². The number of aromatic nitrogens is 2. The van der Waals surface area contributed by atoms with Crippen molar-refractivity contribution >= 4 is 28.5 Å². The predicted octanol–water partition coefficient (Wildman–Crippen LogP) is 5.90. The molecule has 1 unspecified atom stereocenters. The van der Waals surface area contributed by atoms with Crippen molar-refractivity contribution < 1.29 is 42.1 Å². The number of carbonyl (C=O) groups excluding carboxylic acids is 1. The number of aliphatic carboxylic acids is 1. The monoisotopic (exact) mass is 642 g/mol. The van der Waals surface area contributed by atoms with Gasteiger partial charge in [0.2, 0.25) is 0 Å². The zero-order valence-corrected chi connectivity index (χ0v) is 25.6. The first-order valence-electron chi connectivity index (χ1n) is 14.5. The third kappa shape index (κ3) is 6.23. The Morgan fingerprint density at radius 2 is 1.80 bits per heavy atom. The topological polar surface area (TPSA) is 126 Å². The standard InChI is InChI=1S/C33H34F4N4O5/c1-19-12-25(38-18-32(45,33(35,36)37)17-30(2,3)24-15-21(34)8-9-27(24)46-4)23-16-39-41(26(23)13-19)22-7-5-6-20(14-22)28(42)40-31(10-11-31)29(43)44/h5-9,12-16,38,45H,10-11,17-18H2,1-4H3,(H,40,42)(H,43,44). The van der Waals surface area contributed by atoms with E-state index >= 15 is 0 Å². The van der Waals surface area contributed by atoms with Crippen LogP contribution in [-0.4, -0.2) is 62.8 Å². The quantitative estimate of drug-likeness (QED) is 0.150. The highest BCUT2D eigenvalue weighted by molar-refractivity contribution is 5.99. The number of ether oxygens (including phenoxy) is 1. The van der Waals surface area contributed by atoms with Crippen LogP contribution in [0.1, 0.15) is 54.6 Å². The summed E-state index contributed by atoms with van der Waals surface area (Å²) in [7, 11) is 1.33. The van der Waals surface area contributed by atoms with Crippen LogP contribution in [0.3, 0.4) is 0 Å². The van der Waals surface area contributed by atoms with Gasteiger partial charge in [0.15, 0.2) is 5.60 Å². The van der Waals surface area contributed by atoms with E-state index in [4.69, 9.17) is 4.74 Å². The molecule has 4 N–H and O–H groups in total. The number of aryl methyl sites for hydroxylation is 1. The maximum atomic E-state index is 14.5. The van der Waals surface area contributed by atoms with Crippen LogP contribution in [0, 0.1) is 12.7 Å². The Labute approximate surface area is 262 Å². The molecule has 1 fully saturated rings. The third-order valence-corrected chi connectivity index (χ3v) is 8.42. The number of carboxylic acid groups (broad SMARTS) is 1. The van der Waals surface area contributed by atoms with Gasteiger partial charge in [0.25, 0.3) is 5.91 Å². The molecule has 1 heterocycles. The van der Waals surface area contributed by atoms with Crippen molar-refractivity contribution in [2.75, 3.05) is 19.0 Å². The molecule has 1 aliphatic carbocycles. The Bertz CT molecular complexity index is 1820. The molecular formula is C33H34F4N4O5. The van der Waals surface area contributed by atoms with Crippen molar-refractivity contribution in [1.29, 1.82) is 0 Å². The highest BCUT2D eigenvalue weighted by Gasteiger charge is 2.56. The molecular weight excluding hydrogens is 608 g/mol. The van der Waals surface area contributed by atoms with Crippen LogP contribution in [0.25, 0.3) is 16.6 Å². The Hall–Kier alpha value is -4.65. The number of methoxy groups -OCH3 is 1. The lowest BCUT2D eigenvalue weighted by Crippen LogP contribution is -2.53. The molecule has 46 heavy (non-hydrogen) atoms. The molecule has 1 aliphatic rings. The van der Waals surface area contributed by atoms with E-state index in [0.29, 0.717) is 35.0 Å². The van der Waals surface area contributed by atoms with E-state index < -0.39 is 53.4 Å². The summed E-state index contributed by atoms with van der Waals surface area (Å²) in [6.07, 6.45) is -3.71. The van der Waals surface area contributed by atoms with Crippen molar-refractivity contribution in [2.45, 2.75) is 62.8 Å². The number of rotatable bonds is 11. The number of anilines is 1. The number of halogens is 4. The van der Waals surface area contributed by atoms with Gasteiger partial charge in [-0.3, -0.25) is 4.79 Å². The Balaban J connectivity index is 1.43. The summed E-state index contributed by atoms with van der Waals surface area (Å²) in [5.74, 6) is -2.09. The minimum absolute atomic E-state index is 0.183. The van der Waals surface area contributed by atoms with Gasteiger partial charge >= 0.3 is 12.1 Å². The zero-order chi connectivity index (χ0) is 33.7. The predicted molar refractivity (Wildman–Crippen MR) is 163 cm³/mol. The van der Waals surface area contributed by atoms with Gasteiger partial charge in [-0.1, -0.05) is 19.9 Å². The lowest BCUT2D eigenvalue weighted by atomic mass is 9.74. The summed E-state index contributed by atoms with van der Waals surface area (Å²) in [4.78, 5) is 24.4. The maximum absolute atomic E-state index is 14.5. The first-order chi connectivity index (χ1) is 21.5. The van der Waals surface area contributed by atoms with Crippen LogP contribution in [-0.2, 0) is 10.2 Å². The highest BCUT2D eigenvalue weighted by atomic mass is 19.4. The van der Waals surface area contributed by atoms with E-state index in [0.717, 1.165) is 12.1 Å². The lowest BCUT2D eigenvalue weighted by molar-refractivity contribution is -0.260. The third-order valence-electron chi connectivity index (χ3n) is 8.42.